The summed E-state index contributed by atoms with van der Waals surface area (Å²) in [7, 11) is 0. The van der Waals surface area contributed by atoms with E-state index in [1.807, 2.05) is 13.8 Å². The molecule has 1 rings (SSSR count). The van der Waals surface area contributed by atoms with Gasteiger partial charge >= 0.3 is 0 Å². The number of hydrogen-bond donors (Lipinski definition) is 2. The first kappa shape index (κ1) is 19.2. The highest BCUT2D eigenvalue weighted by Gasteiger charge is 2.09. The minimum atomic E-state index is -0.271. The Labute approximate surface area is 143 Å². The summed E-state index contributed by atoms with van der Waals surface area (Å²) >= 11 is 5.81. The standard InChI is InChI=1S/C18H25ClN2O2/c1-12(2)9-16(11-17(22)10-13(3)4)20-21-18(23)14-5-7-15(19)8-6-14/h5-8,11-13,20H,9-10H2,1-4H3,(H,21,23)/b16-11-. The number of hydrogen-bond acceptors (Lipinski definition) is 3. The average Bonchev–Trinajstić information content (AvgIpc) is 2.43. The lowest BCUT2D eigenvalue weighted by Crippen LogP contribution is -2.37. The first-order valence-corrected chi connectivity index (χ1v) is 8.21. The van der Waals surface area contributed by atoms with Crippen LogP contribution >= 0.6 is 11.6 Å². The van der Waals surface area contributed by atoms with Crippen molar-refractivity contribution in [2.45, 2.75) is 40.5 Å². The molecule has 0 saturated heterocycles. The van der Waals surface area contributed by atoms with Crippen molar-refractivity contribution in [2.75, 3.05) is 0 Å². The van der Waals surface area contributed by atoms with E-state index in [0.29, 0.717) is 41.0 Å². The molecule has 0 radical (unpaired) electrons. The maximum atomic E-state index is 12.1. The van der Waals surface area contributed by atoms with Crippen LogP contribution in [0.15, 0.2) is 36.0 Å². The topological polar surface area (TPSA) is 58.2 Å². The number of amides is 1. The Morgan fingerprint density at radius 2 is 1.57 bits per heavy atom. The van der Waals surface area contributed by atoms with Crippen molar-refractivity contribution in [1.82, 2.24) is 10.9 Å². The molecule has 0 heterocycles. The van der Waals surface area contributed by atoms with Gasteiger partial charge in [-0.3, -0.25) is 15.0 Å². The molecule has 1 aromatic rings. The van der Waals surface area contributed by atoms with Crippen LogP contribution in [0.5, 0.6) is 0 Å². The number of nitrogens with one attached hydrogen (secondary N) is 2. The largest absolute Gasteiger partial charge is 0.302 e. The normalized spacial score (nSPS) is 11.7. The van der Waals surface area contributed by atoms with Crippen LogP contribution in [0.25, 0.3) is 0 Å². The van der Waals surface area contributed by atoms with E-state index in [2.05, 4.69) is 24.7 Å². The number of benzene rings is 1. The van der Waals surface area contributed by atoms with E-state index in [0.717, 1.165) is 0 Å². The molecule has 2 N–H and O–H groups in total. The molecule has 23 heavy (non-hydrogen) atoms. The number of rotatable bonds is 8. The molecule has 126 valence electrons. The Morgan fingerprint density at radius 3 is 2.09 bits per heavy atom. The van der Waals surface area contributed by atoms with Crippen LogP contribution in [0.3, 0.4) is 0 Å². The summed E-state index contributed by atoms with van der Waals surface area (Å²) in [5.41, 5.74) is 6.72. The number of hydrazine groups is 1. The molecule has 4 nitrogen and oxygen atoms in total. The summed E-state index contributed by atoms with van der Waals surface area (Å²) in [5, 5.41) is 0.578. The van der Waals surface area contributed by atoms with Gasteiger partial charge in [0.2, 0.25) is 0 Å². The molecule has 0 aliphatic rings. The fraction of sp³-hybridized carbons (Fsp3) is 0.444. The first-order chi connectivity index (χ1) is 10.8. The lowest BCUT2D eigenvalue weighted by atomic mass is 10.0. The second-order valence-corrected chi connectivity index (χ2v) is 6.85. The number of allylic oxidation sites excluding steroid dienone is 2. The smallest absolute Gasteiger partial charge is 0.269 e. The van der Waals surface area contributed by atoms with Crippen LogP contribution in [0.1, 0.15) is 50.9 Å². The molecular formula is C18H25ClN2O2. The van der Waals surface area contributed by atoms with E-state index in [1.165, 1.54) is 0 Å². The maximum absolute atomic E-state index is 12.1. The van der Waals surface area contributed by atoms with Crippen molar-refractivity contribution in [3.8, 4) is 0 Å². The van der Waals surface area contributed by atoms with Crippen molar-refractivity contribution in [1.29, 1.82) is 0 Å². The van der Waals surface area contributed by atoms with Crippen molar-refractivity contribution < 1.29 is 9.59 Å². The van der Waals surface area contributed by atoms with Crippen LogP contribution < -0.4 is 10.9 Å². The van der Waals surface area contributed by atoms with Gasteiger partial charge in [0.1, 0.15) is 0 Å². The van der Waals surface area contributed by atoms with Crippen LogP contribution in [-0.2, 0) is 4.79 Å². The van der Waals surface area contributed by atoms with E-state index in [4.69, 9.17) is 11.6 Å². The molecule has 0 aliphatic carbocycles. The number of carbonyl (C=O) groups is 2. The molecule has 5 heteroatoms. The monoisotopic (exact) mass is 336 g/mol. The Kier molecular flexibility index (Phi) is 7.83. The van der Waals surface area contributed by atoms with Crippen molar-refractivity contribution in [3.63, 3.8) is 0 Å². The number of ketones is 1. The van der Waals surface area contributed by atoms with Gasteiger partial charge in [-0.05, 0) is 42.5 Å². The minimum Gasteiger partial charge on any atom is -0.302 e. The van der Waals surface area contributed by atoms with Crippen LogP contribution in [0.2, 0.25) is 5.02 Å². The van der Waals surface area contributed by atoms with E-state index in [9.17, 15) is 9.59 Å². The Morgan fingerprint density at radius 1 is 1.00 bits per heavy atom. The molecule has 1 amide bonds. The zero-order chi connectivity index (χ0) is 17.4. The third-order valence-electron chi connectivity index (χ3n) is 3.02. The molecule has 0 aliphatic heterocycles. The summed E-state index contributed by atoms with van der Waals surface area (Å²) < 4.78 is 0. The van der Waals surface area contributed by atoms with Crippen LogP contribution in [-0.4, -0.2) is 11.7 Å². The highest BCUT2D eigenvalue weighted by atomic mass is 35.5. The predicted molar refractivity (Wildman–Crippen MR) is 94.1 cm³/mol. The quantitative estimate of drug-likeness (QED) is 0.554. The molecule has 0 fully saturated rings. The summed E-state index contributed by atoms with van der Waals surface area (Å²) in [5.74, 6) is 0.465. The molecule has 0 unspecified atom stereocenters. The molecule has 0 spiro atoms. The van der Waals surface area contributed by atoms with Crippen LogP contribution in [0.4, 0.5) is 0 Å². The van der Waals surface area contributed by atoms with Gasteiger partial charge < -0.3 is 5.43 Å². The van der Waals surface area contributed by atoms with Crippen LogP contribution in [0, 0.1) is 11.8 Å². The zero-order valence-electron chi connectivity index (χ0n) is 14.2. The third-order valence-corrected chi connectivity index (χ3v) is 3.27. The summed E-state index contributed by atoms with van der Waals surface area (Å²) in [6.45, 7) is 8.13. The van der Waals surface area contributed by atoms with Crippen molar-refractivity contribution >= 4 is 23.3 Å². The van der Waals surface area contributed by atoms with Gasteiger partial charge in [-0.1, -0.05) is 39.3 Å². The summed E-state index contributed by atoms with van der Waals surface area (Å²) in [6.07, 6.45) is 2.77. The lowest BCUT2D eigenvalue weighted by molar-refractivity contribution is -0.115. The van der Waals surface area contributed by atoms with Gasteiger partial charge in [-0.25, -0.2) is 0 Å². The molecular weight excluding hydrogens is 312 g/mol. The van der Waals surface area contributed by atoms with Gasteiger partial charge in [-0.2, -0.15) is 0 Å². The predicted octanol–water partition coefficient (Wildman–Crippen LogP) is 4.12. The highest BCUT2D eigenvalue weighted by Crippen LogP contribution is 2.11. The SMILES string of the molecule is CC(C)CC(=O)/C=C(/CC(C)C)NNC(=O)c1ccc(Cl)cc1. The molecule has 0 aromatic heterocycles. The molecule has 0 bridgehead atoms. The molecule has 0 atom stereocenters. The van der Waals surface area contributed by atoms with Gasteiger partial charge in [0.15, 0.2) is 5.78 Å². The third kappa shape index (κ3) is 7.84. The fourth-order valence-corrected chi connectivity index (χ4v) is 2.18. The number of halogens is 1. The second kappa shape index (κ2) is 9.36. The average molecular weight is 337 g/mol. The minimum absolute atomic E-state index is 0.0592. The van der Waals surface area contributed by atoms with Crippen molar-refractivity contribution in [2.24, 2.45) is 11.8 Å². The van der Waals surface area contributed by atoms with E-state index in [1.54, 1.807) is 30.3 Å². The van der Waals surface area contributed by atoms with E-state index >= 15 is 0 Å². The Hall–Kier alpha value is -1.81. The number of carbonyl (C=O) groups excluding carboxylic acids is 2. The lowest BCUT2D eigenvalue weighted by Gasteiger charge is -2.14. The van der Waals surface area contributed by atoms with Gasteiger partial charge in [0.25, 0.3) is 5.91 Å². The Balaban J connectivity index is 2.70. The maximum Gasteiger partial charge on any atom is 0.269 e. The second-order valence-electron chi connectivity index (χ2n) is 6.42. The summed E-state index contributed by atoms with van der Waals surface area (Å²) in [4.78, 5) is 24.0. The van der Waals surface area contributed by atoms with E-state index in [-0.39, 0.29) is 11.7 Å². The fourth-order valence-electron chi connectivity index (χ4n) is 2.05. The van der Waals surface area contributed by atoms with Gasteiger partial charge in [0, 0.05) is 28.8 Å². The van der Waals surface area contributed by atoms with E-state index < -0.39 is 0 Å². The zero-order valence-corrected chi connectivity index (χ0v) is 14.9. The van der Waals surface area contributed by atoms with Gasteiger partial charge in [0.05, 0.1) is 0 Å². The van der Waals surface area contributed by atoms with Crippen molar-refractivity contribution in [3.05, 3.63) is 46.6 Å². The van der Waals surface area contributed by atoms with Gasteiger partial charge in [-0.15, -0.1) is 0 Å². The molecule has 0 saturated carbocycles. The highest BCUT2D eigenvalue weighted by molar-refractivity contribution is 6.30. The Bertz CT molecular complexity index is 563. The summed E-state index contributed by atoms with van der Waals surface area (Å²) in [6, 6.07) is 6.62. The molecule has 1 aromatic carbocycles. The first-order valence-electron chi connectivity index (χ1n) is 7.83.